The lowest BCUT2D eigenvalue weighted by molar-refractivity contribution is -0.139. The topological polar surface area (TPSA) is 57.6 Å². The van der Waals surface area contributed by atoms with Gasteiger partial charge in [-0.3, -0.25) is 9.59 Å². The number of aryl methyl sites for hydroxylation is 3. The van der Waals surface area contributed by atoms with Crippen LogP contribution in [-0.2, 0) is 16.0 Å². The van der Waals surface area contributed by atoms with E-state index in [2.05, 4.69) is 13.8 Å². The summed E-state index contributed by atoms with van der Waals surface area (Å²) in [6, 6.07) is 13.0. The number of benzene rings is 2. The van der Waals surface area contributed by atoms with Gasteiger partial charge in [-0.1, -0.05) is 56.7 Å². The third-order valence-corrected chi connectivity index (χ3v) is 5.78. The third kappa shape index (κ3) is 3.98. The highest BCUT2D eigenvalue weighted by atomic mass is 16.3. The van der Waals surface area contributed by atoms with Crippen molar-refractivity contribution in [2.45, 2.75) is 53.0 Å². The van der Waals surface area contributed by atoms with Crippen LogP contribution in [0.15, 0.2) is 48.0 Å². The highest BCUT2D eigenvalue weighted by Crippen LogP contribution is 2.39. The highest BCUT2D eigenvalue weighted by molar-refractivity contribution is 6.46. The van der Waals surface area contributed by atoms with E-state index in [1.807, 2.05) is 50.2 Å². The van der Waals surface area contributed by atoms with Crippen LogP contribution in [0.5, 0.6) is 0 Å². The minimum absolute atomic E-state index is 0.102. The van der Waals surface area contributed by atoms with Crippen LogP contribution in [0, 0.1) is 13.8 Å². The van der Waals surface area contributed by atoms with Crippen molar-refractivity contribution in [1.82, 2.24) is 4.90 Å². The Balaban J connectivity index is 2.15. The fraction of sp³-hybridized carbons (Fsp3) is 0.360. The molecule has 3 rings (SSSR count). The molecule has 1 aliphatic rings. The number of unbranched alkanes of at least 4 members (excludes halogenated alkanes) is 1. The van der Waals surface area contributed by atoms with E-state index in [-0.39, 0.29) is 11.3 Å². The molecule has 0 radical (unpaired) electrons. The van der Waals surface area contributed by atoms with Crippen molar-refractivity contribution in [3.05, 3.63) is 75.9 Å². The van der Waals surface area contributed by atoms with Crippen molar-refractivity contribution in [2.24, 2.45) is 0 Å². The summed E-state index contributed by atoms with van der Waals surface area (Å²) < 4.78 is 0. The van der Waals surface area contributed by atoms with E-state index < -0.39 is 17.7 Å². The summed E-state index contributed by atoms with van der Waals surface area (Å²) in [5, 5.41) is 11.1. The van der Waals surface area contributed by atoms with Crippen LogP contribution >= 0.6 is 0 Å². The molecule has 4 nitrogen and oxygen atoms in total. The third-order valence-electron chi connectivity index (χ3n) is 5.78. The van der Waals surface area contributed by atoms with Crippen LogP contribution in [0.3, 0.4) is 0 Å². The average molecular weight is 392 g/mol. The molecule has 0 aliphatic carbocycles. The Kier molecular flexibility index (Phi) is 6.21. The molecule has 4 heteroatoms. The van der Waals surface area contributed by atoms with Gasteiger partial charge in [-0.05, 0) is 55.0 Å². The molecule has 1 heterocycles. The first kappa shape index (κ1) is 20.8. The Labute approximate surface area is 172 Å². The molecule has 152 valence electrons. The van der Waals surface area contributed by atoms with Crippen LogP contribution in [0.25, 0.3) is 5.76 Å². The molecule has 0 saturated carbocycles. The van der Waals surface area contributed by atoms with E-state index in [0.29, 0.717) is 12.1 Å². The molecule has 0 spiro atoms. The van der Waals surface area contributed by atoms with E-state index in [9.17, 15) is 14.7 Å². The van der Waals surface area contributed by atoms with Gasteiger partial charge in [0.15, 0.2) is 0 Å². The highest BCUT2D eigenvalue weighted by Gasteiger charge is 2.45. The summed E-state index contributed by atoms with van der Waals surface area (Å²) in [5.74, 6) is -1.25. The molecule has 1 unspecified atom stereocenters. The van der Waals surface area contributed by atoms with Crippen molar-refractivity contribution < 1.29 is 14.7 Å². The minimum Gasteiger partial charge on any atom is -0.507 e. The SMILES string of the molecule is CCCCN1C(=O)C(=O)/C(=C(\O)c2ccc(C)c(C)c2)C1c1ccc(CC)cc1. The van der Waals surface area contributed by atoms with Gasteiger partial charge in [0.25, 0.3) is 11.7 Å². The van der Waals surface area contributed by atoms with E-state index in [4.69, 9.17) is 0 Å². The normalized spacial score (nSPS) is 18.5. The summed E-state index contributed by atoms with van der Waals surface area (Å²) in [4.78, 5) is 27.4. The van der Waals surface area contributed by atoms with Crippen molar-refractivity contribution in [3.63, 3.8) is 0 Å². The number of nitrogens with zero attached hydrogens (tertiary/aromatic N) is 1. The first-order chi connectivity index (χ1) is 13.9. The van der Waals surface area contributed by atoms with Crippen molar-refractivity contribution in [1.29, 1.82) is 0 Å². The summed E-state index contributed by atoms with van der Waals surface area (Å²) in [6.07, 6.45) is 2.64. The maximum absolute atomic E-state index is 12.9. The van der Waals surface area contributed by atoms with E-state index in [1.165, 1.54) is 5.56 Å². The molecule has 1 aliphatic heterocycles. The number of hydrogen-bond acceptors (Lipinski definition) is 3. The summed E-state index contributed by atoms with van der Waals surface area (Å²) >= 11 is 0. The van der Waals surface area contributed by atoms with Gasteiger partial charge in [-0.15, -0.1) is 0 Å². The first-order valence-electron chi connectivity index (χ1n) is 10.3. The Bertz CT molecular complexity index is 957. The van der Waals surface area contributed by atoms with Gasteiger partial charge in [0.2, 0.25) is 0 Å². The summed E-state index contributed by atoms with van der Waals surface area (Å²) in [6.45, 7) is 8.59. The van der Waals surface area contributed by atoms with E-state index in [1.54, 1.807) is 11.0 Å². The predicted octanol–water partition coefficient (Wildman–Crippen LogP) is 5.09. The molecular weight excluding hydrogens is 362 g/mol. The molecule has 1 fully saturated rings. The van der Waals surface area contributed by atoms with Crippen LogP contribution in [-0.4, -0.2) is 28.2 Å². The predicted molar refractivity (Wildman–Crippen MR) is 116 cm³/mol. The van der Waals surface area contributed by atoms with Crippen molar-refractivity contribution >= 4 is 17.4 Å². The number of amides is 1. The largest absolute Gasteiger partial charge is 0.507 e. The lowest BCUT2D eigenvalue weighted by atomic mass is 9.93. The van der Waals surface area contributed by atoms with E-state index in [0.717, 1.165) is 36.0 Å². The number of aliphatic hydroxyl groups is 1. The molecule has 0 bridgehead atoms. The lowest BCUT2D eigenvalue weighted by Gasteiger charge is -2.25. The molecule has 1 atom stereocenters. The second-order valence-electron chi connectivity index (χ2n) is 7.74. The Morgan fingerprint density at radius 2 is 1.69 bits per heavy atom. The van der Waals surface area contributed by atoms with Crippen molar-refractivity contribution in [2.75, 3.05) is 6.54 Å². The van der Waals surface area contributed by atoms with Gasteiger partial charge in [-0.2, -0.15) is 0 Å². The van der Waals surface area contributed by atoms with Gasteiger partial charge in [0.05, 0.1) is 11.6 Å². The molecule has 1 N–H and O–H groups in total. The maximum Gasteiger partial charge on any atom is 0.295 e. The smallest absolute Gasteiger partial charge is 0.295 e. The number of likely N-dealkylation sites (tertiary alicyclic amines) is 1. The molecule has 0 aromatic heterocycles. The van der Waals surface area contributed by atoms with Gasteiger partial charge in [0, 0.05) is 12.1 Å². The van der Waals surface area contributed by atoms with Crippen molar-refractivity contribution in [3.8, 4) is 0 Å². The summed E-state index contributed by atoms with van der Waals surface area (Å²) in [5.41, 5.74) is 4.92. The number of rotatable bonds is 6. The van der Waals surface area contributed by atoms with Gasteiger partial charge < -0.3 is 10.0 Å². The Morgan fingerprint density at radius 1 is 1.00 bits per heavy atom. The molecule has 1 amide bonds. The second-order valence-corrected chi connectivity index (χ2v) is 7.74. The van der Waals surface area contributed by atoms with Crippen LogP contribution in [0.2, 0.25) is 0 Å². The lowest BCUT2D eigenvalue weighted by Crippen LogP contribution is -2.30. The minimum atomic E-state index is -0.610. The molecule has 2 aromatic rings. The average Bonchev–Trinajstić information content (AvgIpc) is 2.98. The number of carbonyl (C=O) groups is 2. The monoisotopic (exact) mass is 391 g/mol. The number of hydrogen-bond donors (Lipinski definition) is 1. The Morgan fingerprint density at radius 3 is 2.28 bits per heavy atom. The van der Waals surface area contributed by atoms with E-state index >= 15 is 0 Å². The van der Waals surface area contributed by atoms with Gasteiger partial charge in [0.1, 0.15) is 5.76 Å². The van der Waals surface area contributed by atoms with Crippen LogP contribution in [0.4, 0.5) is 0 Å². The molecule has 1 saturated heterocycles. The zero-order valence-electron chi connectivity index (χ0n) is 17.7. The molecular formula is C25H29NO3. The quantitative estimate of drug-likeness (QED) is 0.424. The fourth-order valence-corrected chi connectivity index (χ4v) is 3.77. The summed E-state index contributed by atoms with van der Waals surface area (Å²) in [7, 11) is 0. The number of ketones is 1. The van der Waals surface area contributed by atoms with Gasteiger partial charge >= 0.3 is 0 Å². The van der Waals surface area contributed by atoms with Crippen LogP contribution in [0.1, 0.15) is 60.5 Å². The fourth-order valence-electron chi connectivity index (χ4n) is 3.77. The number of carbonyl (C=O) groups excluding carboxylic acids is 2. The molecule has 2 aromatic carbocycles. The number of aliphatic hydroxyl groups excluding tert-OH is 1. The first-order valence-corrected chi connectivity index (χ1v) is 10.3. The zero-order chi connectivity index (χ0) is 21.1. The second kappa shape index (κ2) is 8.64. The standard InChI is InChI=1S/C25H29NO3/c1-5-7-14-26-22(19-12-9-18(6-2)10-13-19)21(24(28)25(26)29)23(27)20-11-8-16(3)17(4)15-20/h8-13,15,22,27H,5-7,14H2,1-4H3/b23-21-. The molecule has 29 heavy (non-hydrogen) atoms. The number of Topliss-reactive ketones (excluding diaryl/α,β-unsaturated/α-hetero) is 1. The van der Waals surface area contributed by atoms with Crippen LogP contribution < -0.4 is 0 Å². The van der Waals surface area contributed by atoms with Gasteiger partial charge in [-0.25, -0.2) is 0 Å². The Hall–Kier alpha value is -2.88. The maximum atomic E-state index is 12.9. The zero-order valence-corrected chi connectivity index (χ0v) is 17.7.